The number of rotatable bonds is 7. The van der Waals surface area contributed by atoms with E-state index >= 15 is 0 Å². The maximum absolute atomic E-state index is 12.2. The largest absolute Gasteiger partial charge is 0.469 e. The first-order valence-electron chi connectivity index (χ1n) is 6.01. The van der Waals surface area contributed by atoms with Gasteiger partial charge in [0.2, 0.25) is 0 Å². The second-order valence-electron chi connectivity index (χ2n) is 4.27. The average molecular weight is 301 g/mol. The summed E-state index contributed by atoms with van der Waals surface area (Å²) in [6.45, 7) is 0.297. The zero-order chi connectivity index (χ0) is 15.2. The highest BCUT2D eigenvalue weighted by Crippen LogP contribution is 2.09. The van der Waals surface area contributed by atoms with Crippen molar-refractivity contribution in [3.05, 3.63) is 30.1 Å². The number of ether oxygens (including phenoxy) is 1. The third kappa shape index (κ3) is 4.55. The van der Waals surface area contributed by atoms with Gasteiger partial charge in [0.25, 0.3) is 10.2 Å². The van der Waals surface area contributed by atoms with Gasteiger partial charge < -0.3 is 4.74 Å². The molecular weight excluding hydrogens is 282 g/mol. The summed E-state index contributed by atoms with van der Waals surface area (Å²) in [5.41, 5.74) is 0.792. The molecule has 1 rings (SSSR count). The number of esters is 1. The Morgan fingerprint density at radius 3 is 2.60 bits per heavy atom. The third-order valence-electron chi connectivity index (χ3n) is 2.77. The Kier molecular flexibility index (Phi) is 6.05. The monoisotopic (exact) mass is 301 g/mol. The SMILES string of the molecule is COC(=O)CCN(C)S(=O)(=O)N(C)Cc1cccnc1. The quantitative estimate of drug-likeness (QED) is 0.675. The predicted octanol–water partition coefficient (Wildman–Crippen LogP) is 0.253. The van der Waals surface area contributed by atoms with E-state index in [1.807, 2.05) is 0 Å². The standard InChI is InChI=1S/C12H19N3O4S/c1-14(8-6-12(16)19-3)20(17,18)15(2)10-11-5-4-7-13-9-11/h4-5,7,9H,6,8,10H2,1-3H3. The summed E-state index contributed by atoms with van der Waals surface area (Å²) in [6, 6.07) is 3.55. The van der Waals surface area contributed by atoms with Crippen LogP contribution in [0.5, 0.6) is 0 Å². The van der Waals surface area contributed by atoms with Crippen molar-refractivity contribution in [2.75, 3.05) is 27.7 Å². The lowest BCUT2D eigenvalue weighted by atomic mass is 10.3. The van der Waals surface area contributed by atoms with Crippen LogP contribution < -0.4 is 0 Å². The molecule has 0 amide bonds. The van der Waals surface area contributed by atoms with E-state index < -0.39 is 16.2 Å². The van der Waals surface area contributed by atoms with Gasteiger partial charge in [-0.05, 0) is 11.6 Å². The van der Waals surface area contributed by atoms with Gasteiger partial charge in [-0.2, -0.15) is 17.0 Å². The van der Waals surface area contributed by atoms with Gasteiger partial charge in [0.1, 0.15) is 0 Å². The van der Waals surface area contributed by atoms with E-state index in [0.29, 0.717) is 0 Å². The van der Waals surface area contributed by atoms with Crippen LogP contribution in [0.1, 0.15) is 12.0 Å². The molecule has 112 valence electrons. The molecule has 1 aromatic rings. The molecule has 0 bridgehead atoms. The summed E-state index contributed by atoms with van der Waals surface area (Å²) in [5.74, 6) is -0.443. The molecular formula is C12H19N3O4S. The maximum atomic E-state index is 12.2. The maximum Gasteiger partial charge on any atom is 0.306 e. The van der Waals surface area contributed by atoms with Crippen LogP contribution in [0.2, 0.25) is 0 Å². The average Bonchev–Trinajstić information content (AvgIpc) is 2.45. The minimum atomic E-state index is -3.61. The first-order valence-corrected chi connectivity index (χ1v) is 7.41. The van der Waals surface area contributed by atoms with Crippen LogP contribution in [-0.4, -0.2) is 55.7 Å². The second-order valence-corrected chi connectivity index (χ2v) is 6.42. The van der Waals surface area contributed by atoms with Crippen molar-refractivity contribution in [3.8, 4) is 0 Å². The summed E-state index contributed by atoms with van der Waals surface area (Å²) < 4.78 is 31.3. The van der Waals surface area contributed by atoms with Crippen molar-refractivity contribution in [1.82, 2.24) is 13.6 Å². The highest BCUT2D eigenvalue weighted by atomic mass is 32.2. The summed E-state index contributed by atoms with van der Waals surface area (Å²) in [6.07, 6.45) is 3.26. The molecule has 0 saturated heterocycles. The molecule has 1 aromatic heterocycles. The minimum absolute atomic E-state index is 0.0208. The van der Waals surface area contributed by atoms with Crippen LogP contribution >= 0.6 is 0 Å². The Balaban J connectivity index is 2.65. The third-order valence-corrected chi connectivity index (χ3v) is 4.66. The summed E-state index contributed by atoms with van der Waals surface area (Å²) in [5, 5.41) is 0. The van der Waals surface area contributed by atoms with Gasteiger partial charge in [0.05, 0.1) is 13.5 Å². The Labute approximate surface area is 119 Å². The number of pyridine rings is 1. The predicted molar refractivity (Wildman–Crippen MR) is 73.9 cm³/mol. The van der Waals surface area contributed by atoms with E-state index in [4.69, 9.17) is 0 Å². The summed E-state index contributed by atoms with van der Waals surface area (Å²) >= 11 is 0. The highest BCUT2D eigenvalue weighted by molar-refractivity contribution is 7.86. The van der Waals surface area contributed by atoms with E-state index in [9.17, 15) is 13.2 Å². The van der Waals surface area contributed by atoms with Gasteiger partial charge in [-0.1, -0.05) is 6.07 Å². The smallest absolute Gasteiger partial charge is 0.306 e. The molecule has 0 radical (unpaired) electrons. The molecule has 0 atom stereocenters. The fourth-order valence-electron chi connectivity index (χ4n) is 1.53. The Hall–Kier alpha value is -1.51. The number of nitrogens with zero attached hydrogens (tertiary/aromatic N) is 3. The van der Waals surface area contributed by atoms with Crippen molar-refractivity contribution in [1.29, 1.82) is 0 Å². The fourth-order valence-corrected chi connectivity index (χ4v) is 2.64. The van der Waals surface area contributed by atoms with Crippen molar-refractivity contribution in [3.63, 3.8) is 0 Å². The van der Waals surface area contributed by atoms with Crippen LogP contribution in [0, 0.1) is 0 Å². The molecule has 7 nitrogen and oxygen atoms in total. The van der Waals surface area contributed by atoms with Crippen molar-refractivity contribution < 1.29 is 17.9 Å². The van der Waals surface area contributed by atoms with Gasteiger partial charge in [-0.25, -0.2) is 0 Å². The van der Waals surface area contributed by atoms with E-state index in [1.165, 1.54) is 25.5 Å². The van der Waals surface area contributed by atoms with E-state index in [2.05, 4.69) is 9.72 Å². The molecule has 1 heterocycles. The van der Waals surface area contributed by atoms with Crippen LogP contribution in [0.3, 0.4) is 0 Å². The molecule has 0 unspecified atom stereocenters. The lowest BCUT2D eigenvalue weighted by Crippen LogP contribution is -2.40. The first-order chi connectivity index (χ1) is 9.37. The first kappa shape index (κ1) is 16.5. The van der Waals surface area contributed by atoms with Crippen molar-refractivity contribution in [2.45, 2.75) is 13.0 Å². The molecule has 0 N–H and O–H groups in total. The fraction of sp³-hybridized carbons (Fsp3) is 0.500. The van der Waals surface area contributed by atoms with Gasteiger partial charge in [0.15, 0.2) is 0 Å². The normalized spacial score (nSPS) is 11.8. The summed E-state index contributed by atoms with van der Waals surface area (Å²) in [7, 11) is 0.571. The Bertz CT molecular complexity index is 533. The van der Waals surface area contributed by atoms with Crippen LogP contribution in [0.4, 0.5) is 0 Å². The van der Waals surface area contributed by atoms with Crippen LogP contribution in [-0.2, 0) is 26.3 Å². The number of aromatic nitrogens is 1. The number of hydrogen-bond donors (Lipinski definition) is 0. The lowest BCUT2D eigenvalue weighted by molar-refractivity contribution is -0.140. The van der Waals surface area contributed by atoms with Crippen LogP contribution in [0.25, 0.3) is 0 Å². The lowest BCUT2D eigenvalue weighted by Gasteiger charge is -2.24. The minimum Gasteiger partial charge on any atom is -0.469 e. The Morgan fingerprint density at radius 2 is 2.05 bits per heavy atom. The molecule has 0 fully saturated rings. The molecule has 0 aliphatic carbocycles. The van der Waals surface area contributed by atoms with Crippen LogP contribution in [0.15, 0.2) is 24.5 Å². The molecule has 0 aromatic carbocycles. The zero-order valence-corrected chi connectivity index (χ0v) is 12.6. The summed E-state index contributed by atoms with van der Waals surface area (Å²) in [4.78, 5) is 15.0. The van der Waals surface area contributed by atoms with Gasteiger partial charge >= 0.3 is 5.97 Å². The van der Waals surface area contributed by atoms with Crippen molar-refractivity contribution in [2.24, 2.45) is 0 Å². The molecule has 0 saturated carbocycles. The van der Waals surface area contributed by atoms with Gasteiger partial charge in [-0.15, -0.1) is 0 Å². The molecule has 0 aliphatic heterocycles. The molecule has 20 heavy (non-hydrogen) atoms. The van der Waals surface area contributed by atoms with E-state index in [-0.39, 0.29) is 19.5 Å². The van der Waals surface area contributed by atoms with E-state index in [0.717, 1.165) is 9.87 Å². The van der Waals surface area contributed by atoms with E-state index in [1.54, 1.807) is 24.5 Å². The van der Waals surface area contributed by atoms with Crippen molar-refractivity contribution >= 4 is 16.2 Å². The number of carbonyl (C=O) groups is 1. The molecule has 0 spiro atoms. The molecule has 8 heteroatoms. The number of hydrogen-bond acceptors (Lipinski definition) is 5. The Morgan fingerprint density at radius 1 is 1.35 bits per heavy atom. The van der Waals surface area contributed by atoms with Gasteiger partial charge in [0, 0.05) is 39.6 Å². The number of methoxy groups -OCH3 is 1. The second kappa shape index (κ2) is 7.32. The topological polar surface area (TPSA) is 79.8 Å². The number of carbonyl (C=O) groups excluding carboxylic acids is 1. The zero-order valence-electron chi connectivity index (χ0n) is 11.8. The highest BCUT2D eigenvalue weighted by Gasteiger charge is 2.24. The van der Waals surface area contributed by atoms with Gasteiger partial charge in [-0.3, -0.25) is 9.78 Å². The molecule has 0 aliphatic rings.